The van der Waals surface area contributed by atoms with Gasteiger partial charge in [0.25, 0.3) is 0 Å². The van der Waals surface area contributed by atoms with Gasteiger partial charge in [-0.1, -0.05) is 59.4 Å². The maximum absolute atomic E-state index is 9.64. The molecule has 118 valence electrons. The van der Waals surface area contributed by atoms with E-state index in [1.165, 1.54) is 29.3 Å². The maximum Gasteiger partial charge on any atom is 0.123 e. The standard InChI is InChI=1S/C11H9IO.C5H12.C3H8/c1-7-4-8-6-9(12)2-3-10(8)11(13)5-7;1-3-5-4-2;1-3-2/h2-6,13H,1H3;3-5H2,1-2H3;3H2,1-2H3. The molecule has 0 spiro atoms. The molecule has 2 aromatic carbocycles. The Balaban J connectivity index is 0.000000422. The minimum Gasteiger partial charge on any atom is -0.507 e. The van der Waals surface area contributed by atoms with Gasteiger partial charge in [-0.05, 0) is 64.7 Å². The number of aromatic hydroxyl groups is 1. The molecule has 0 saturated heterocycles. The molecule has 0 radical (unpaired) electrons. The van der Waals surface area contributed by atoms with E-state index in [0.717, 1.165) is 16.3 Å². The summed E-state index contributed by atoms with van der Waals surface area (Å²) in [7, 11) is 0. The Bertz CT molecular complexity index is 513. The zero-order chi connectivity index (χ0) is 16.3. The number of hydrogen-bond acceptors (Lipinski definition) is 1. The van der Waals surface area contributed by atoms with Crippen LogP contribution >= 0.6 is 22.6 Å². The van der Waals surface area contributed by atoms with Gasteiger partial charge < -0.3 is 5.11 Å². The number of fused-ring (bicyclic) bond motifs is 1. The molecule has 0 unspecified atom stereocenters. The van der Waals surface area contributed by atoms with Crippen molar-refractivity contribution in [2.24, 2.45) is 0 Å². The van der Waals surface area contributed by atoms with Crippen LogP contribution in [0.1, 0.15) is 58.9 Å². The topological polar surface area (TPSA) is 20.2 Å². The summed E-state index contributed by atoms with van der Waals surface area (Å²) in [6.45, 7) is 10.7. The lowest BCUT2D eigenvalue weighted by molar-refractivity contribution is 0.481. The smallest absolute Gasteiger partial charge is 0.123 e. The van der Waals surface area contributed by atoms with Crippen molar-refractivity contribution in [3.63, 3.8) is 0 Å². The summed E-state index contributed by atoms with van der Waals surface area (Å²) in [5.74, 6) is 0.367. The molecule has 2 rings (SSSR count). The van der Waals surface area contributed by atoms with Gasteiger partial charge in [0.15, 0.2) is 0 Å². The number of aryl methyl sites for hydroxylation is 1. The van der Waals surface area contributed by atoms with E-state index in [4.69, 9.17) is 0 Å². The lowest BCUT2D eigenvalue weighted by atomic mass is 10.1. The number of benzene rings is 2. The van der Waals surface area contributed by atoms with Crippen LogP contribution in [0, 0.1) is 10.5 Å². The number of hydrogen-bond donors (Lipinski definition) is 1. The molecular weight excluding hydrogens is 371 g/mol. The SMILES string of the molecule is CCC.CCCCC.Cc1cc(O)c2ccc(I)cc2c1. The van der Waals surface area contributed by atoms with Crippen LogP contribution in [0.5, 0.6) is 5.75 Å². The van der Waals surface area contributed by atoms with E-state index in [0.29, 0.717) is 5.75 Å². The summed E-state index contributed by atoms with van der Waals surface area (Å²) in [6, 6.07) is 9.89. The first-order chi connectivity index (χ1) is 9.99. The molecule has 2 heteroatoms. The van der Waals surface area contributed by atoms with Crippen LogP contribution < -0.4 is 0 Å². The Morgan fingerprint density at radius 1 is 0.952 bits per heavy atom. The molecule has 0 aromatic heterocycles. The zero-order valence-electron chi connectivity index (χ0n) is 14.0. The highest BCUT2D eigenvalue weighted by atomic mass is 127. The van der Waals surface area contributed by atoms with E-state index in [1.54, 1.807) is 6.07 Å². The Kier molecular flexibility index (Phi) is 11.4. The lowest BCUT2D eigenvalue weighted by Gasteiger charge is -2.03. The second-order valence-electron chi connectivity index (χ2n) is 5.21. The number of rotatable bonds is 2. The van der Waals surface area contributed by atoms with Gasteiger partial charge in [0.1, 0.15) is 5.75 Å². The molecule has 1 nitrogen and oxygen atoms in total. The van der Waals surface area contributed by atoms with Crippen LogP contribution in [0.4, 0.5) is 0 Å². The van der Waals surface area contributed by atoms with Crippen molar-refractivity contribution in [2.45, 2.75) is 60.3 Å². The lowest BCUT2D eigenvalue weighted by Crippen LogP contribution is -1.78. The normalized spacial score (nSPS) is 9.43. The van der Waals surface area contributed by atoms with Crippen LogP contribution in [0.15, 0.2) is 30.3 Å². The average Bonchev–Trinajstić information content (AvgIpc) is 2.40. The molecule has 2 aromatic rings. The zero-order valence-corrected chi connectivity index (χ0v) is 16.2. The van der Waals surface area contributed by atoms with Gasteiger partial charge in [0, 0.05) is 8.96 Å². The first kappa shape index (κ1) is 20.2. The molecule has 0 aliphatic carbocycles. The Labute approximate surface area is 143 Å². The van der Waals surface area contributed by atoms with E-state index >= 15 is 0 Å². The van der Waals surface area contributed by atoms with Crippen molar-refractivity contribution >= 4 is 33.4 Å². The number of phenols is 1. The molecule has 0 amide bonds. The highest BCUT2D eigenvalue weighted by molar-refractivity contribution is 14.1. The van der Waals surface area contributed by atoms with Gasteiger partial charge >= 0.3 is 0 Å². The van der Waals surface area contributed by atoms with Crippen LogP contribution in [-0.4, -0.2) is 5.11 Å². The van der Waals surface area contributed by atoms with Crippen molar-refractivity contribution in [1.29, 1.82) is 0 Å². The molecule has 0 saturated carbocycles. The highest BCUT2D eigenvalue weighted by Gasteiger charge is 2.00. The monoisotopic (exact) mass is 400 g/mol. The van der Waals surface area contributed by atoms with E-state index in [1.807, 2.05) is 19.1 Å². The minimum atomic E-state index is 0.367. The van der Waals surface area contributed by atoms with Crippen LogP contribution in [0.2, 0.25) is 0 Å². The molecule has 1 N–H and O–H groups in total. The Morgan fingerprint density at radius 2 is 1.52 bits per heavy atom. The molecule has 0 aliphatic rings. The maximum atomic E-state index is 9.64. The van der Waals surface area contributed by atoms with E-state index in [-0.39, 0.29) is 0 Å². The second kappa shape index (κ2) is 11.8. The summed E-state index contributed by atoms with van der Waals surface area (Å²) in [5.41, 5.74) is 1.09. The first-order valence-electron chi connectivity index (χ1n) is 7.88. The molecule has 0 atom stereocenters. The third kappa shape index (κ3) is 8.30. The van der Waals surface area contributed by atoms with Crippen molar-refractivity contribution in [3.05, 3.63) is 39.5 Å². The molecule has 0 bridgehead atoms. The van der Waals surface area contributed by atoms with Gasteiger partial charge in [-0.2, -0.15) is 0 Å². The summed E-state index contributed by atoms with van der Waals surface area (Å²) >= 11 is 2.27. The van der Waals surface area contributed by atoms with Crippen LogP contribution in [-0.2, 0) is 0 Å². The van der Waals surface area contributed by atoms with Gasteiger partial charge in [-0.3, -0.25) is 0 Å². The summed E-state index contributed by atoms with van der Waals surface area (Å²) in [6.07, 6.45) is 5.33. The van der Waals surface area contributed by atoms with Crippen molar-refractivity contribution in [1.82, 2.24) is 0 Å². The second-order valence-corrected chi connectivity index (χ2v) is 6.46. The summed E-state index contributed by atoms with van der Waals surface area (Å²) < 4.78 is 1.19. The first-order valence-corrected chi connectivity index (χ1v) is 8.96. The van der Waals surface area contributed by atoms with Crippen molar-refractivity contribution < 1.29 is 5.11 Å². The van der Waals surface area contributed by atoms with E-state index < -0.39 is 0 Å². The predicted octanol–water partition coefficient (Wildman–Crippen LogP) is 7.07. The fourth-order valence-corrected chi connectivity index (χ4v) is 2.34. The molecule has 0 heterocycles. The van der Waals surface area contributed by atoms with E-state index in [9.17, 15) is 5.11 Å². The third-order valence-electron chi connectivity index (χ3n) is 2.74. The largest absolute Gasteiger partial charge is 0.507 e. The molecule has 0 fully saturated rings. The van der Waals surface area contributed by atoms with Gasteiger partial charge in [-0.15, -0.1) is 0 Å². The Hall–Kier alpha value is -0.770. The van der Waals surface area contributed by atoms with Gasteiger partial charge in [-0.25, -0.2) is 0 Å². The third-order valence-corrected chi connectivity index (χ3v) is 3.42. The van der Waals surface area contributed by atoms with Crippen LogP contribution in [0.25, 0.3) is 10.8 Å². The molecular formula is C19H29IO. The minimum absolute atomic E-state index is 0.367. The molecule has 0 aliphatic heterocycles. The van der Waals surface area contributed by atoms with Crippen molar-refractivity contribution in [2.75, 3.05) is 0 Å². The number of unbranched alkanes of at least 4 members (excludes halogenated alkanes) is 2. The molecule has 21 heavy (non-hydrogen) atoms. The number of phenolic OH excluding ortho intramolecular Hbond substituents is 1. The van der Waals surface area contributed by atoms with Crippen LogP contribution in [0.3, 0.4) is 0 Å². The summed E-state index contributed by atoms with van der Waals surface area (Å²) in [5, 5.41) is 11.7. The Morgan fingerprint density at radius 3 is 2.00 bits per heavy atom. The number of halogens is 1. The summed E-state index contributed by atoms with van der Waals surface area (Å²) in [4.78, 5) is 0. The highest BCUT2D eigenvalue weighted by Crippen LogP contribution is 2.27. The van der Waals surface area contributed by atoms with E-state index in [2.05, 4.69) is 62.4 Å². The van der Waals surface area contributed by atoms with Gasteiger partial charge in [0.2, 0.25) is 0 Å². The van der Waals surface area contributed by atoms with Gasteiger partial charge in [0.05, 0.1) is 0 Å². The fourth-order valence-electron chi connectivity index (χ4n) is 1.82. The predicted molar refractivity (Wildman–Crippen MR) is 104 cm³/mol. The quantitative estimate of drug-likeness (QED) is 0.535. The fraction of sp³-hybridized carbons (Fsp3) is 0.474. The average molecular weight is 400 g/mol. The van der Waals surface area contributed by atoms with Crippen molar-refractivity contribution in [3.8, 4) is 5.75 Å².